The molecule has 0 heterocycles. The lowest BCUT2D eigenvalue weighted by Crippen LogP contribution is -1.84. The molecule has 11 heavy (non-hydrogen) atoms. The summed E-state index contributed by atoms with van der Waals surface area (Å²) in [6.07, 6.45) is 5.73. The molecule has 0 fully saturated rings. The number of rotatable bonds is 3. The highest BCUT2D eigenvalue weighted by atomic mass is 14.0. The minimum atomic E-state index is 0.712. The van der Waals surface area contributed by atoms with E-state index in [1.54, 1.807) is 0 Å². The molecule has 0 aromatic rings. The van der Waals surface area contributed by atoms with Crippen LogP contribution in [0.25, 0.3) is 0 Å². The van der Waals surface area contributed by atoms with Gasteiger partial charge in [-0.3, -0.25) is 0 Å². The van der Waals surface area contributed by atoms with Crippen LogP contribution in [0.15, 0.2) is 23.3 Å². The van der Waals surface area contributed by atoms with E-state index in [9.17, 15) is 0 Å². The number of hydrogen-bond donors (Lipinski definition) is 0. The normalized spacial score (nSPS) is 13.5. The van der Waals surface area contributed by atoms with E-state index in [0.29, 0.717) is 5.92 Å². The second-order valence-electron chi connectivity index (χ2n) is 3.43. The van der Waals surface area contributed by atoms with E-state index in [4.69, 9.17) is 0 Å². The van der Waals surface area contributed by atoms with Crippen LogP contribution in [0.3, 0.4) is 0 Å². The Bertz CT molecular complexity index is 157. The first-order chi connectivity index (χ1) is 5.07. The third-order valence-corrected chi connectivity index (χ3v) is 2.11. The van der Waals surface area contributed by atoms with Crippen molar-refractivity contribution in [2.75, 3.05) is 0 Å². The lowest BCUT2D eigenvalue weighted by Gasteiger charge is -2.00. The SMILES string of the molecule is CCC(C)C=CC(C)=C(C)C. The topological polar surface area (TPSA) is 0 Å². The van der Waals surface area contributed by atoms with Crippen molar-refractivity contribution in [2.45, 2.75) is 41.0 Å². The maximum atomic E-state index is 2.28. The zero-order valence-electron chi connectivity index (χ0n) is 8.44. The van der Waals surface area contributed by atoms with Gasteiger partial charge in [0.25, 0.3) is 0 Å². The molecule has 0 rings (SSSR count). The molecule has 0 aliphatic carbocycles. The summed E-state index contributed by atoms with van der Waals surface area (Å²) in [5.74, 6) is 0.712. The molecule has 0 spiro atoms. The fraction of sp³-hybridized carbons (Fsp3) is 0.636. The Morgan fingerprint density at radius 2 is 1.82 bits per heavy atom. The maximum Gasteiger partial charge on any atom is -0.0261 e. The van der Waals surface area contributed by atoms with E-state index >= 15 is 0 Å². The molecule has 0 amide bonds. The molecule has 0 aromatic carbocycles. The van der Waals surface area contributed by atoms with Gasteiger partial charge in [0.15, 0.2) is 0 Å². The van der Waals surface area contributed by atoms with E-state index < -0.39 is 0 Å². The molecule has 0 aromatic heterocycles. The average molecular weight is 152 g/mol. The summed E-state index contributed by atoms with van der Waals surface area (Å²) < 4.78 is 0. The molecule has 1 atom stereocenters. The third-order valence-electron chi connectivity index (χ3n) is 2.11. The van der Waals surface area contributed by atoms with Gasteiger partial charge in [0.1, 0.15) is 0 Å². The van der Waals surface area contributed by atoms with E-state index in [-0.39, 0.29) is 0 Å². The molecular formula is C11H20. The van der Waals surface area contributed by atoms with Gasteiger partial charge in [-0.15, -0.1) is 0 Å². The van der Waals surface area contributed by atoms with Crippen molar-refractivity contribution < 1.29 is 0 Å². The zero-order valence-corrected chi connectivity index (χ0v) is 8.44. The fourth-order valence-corrected chi connectivity index (χ4v) is 0.611. The highest BCUT2D eigenvalue weighted by Gasteiger charge is 1.90. The van der Waals surface area contributed by atoms with Crippen molar-refractivity contribution in [3.63, 3.8) is 0 Å². The Morgan fingerprint density at radius 1 is 1.27 bits per heavy atom. The van der Waals surface area contributed by atoms with Crippen molar-refractivity contribution in [3.8, 4) is 0 Å². The summed E-state index contributed by atoms with van der Waals surface area (Å²) in [6.45, 7) is 10.9. The van der Waals surface area contributed by atoms with Crippen LogP contribution in [-0.2, 0) is 0 Å². The lowest BCUT2D eigenvalue weighted by atomic mass is 10.1. The van der Waals surface area contributed by atoms with Crippen LogP contribution in [0, 0.1) is 5.92 Å². The van der Waals surface area contributed by atoms with Crippen molar-refractivity contribution in [3.05, 3.63) is 23.3 Å². The molecule has 0 saturated carbocycles. The van der Waals surface area contributed by atoms with Crippen LogP contribution < -0.4 is 0 Å². The van der Waals surface area contributed by atoms with Gasteiger partial charge in [-0.05, 0) is 26.7 Å². The summed E-state index contributed by atoms with van der Waals surface area (Å²) in [5.41, 5.74) is 2.80. The summed E-state index contributed by atoms with van der Waals surface area (Å²) in [4.78, 5) is 0. The summed E-state index contributed by atoms with van der Waals surface area (Å²) in [7, 11) is 0. The molecule has 0 aliphatic heterocycles. The molecule has 0 heteroatoms. The molecule has 0 saturated heterocycles. The van der Waals surface area contributed by atoms with Crippen molar-refractivity contribution in [2.24, 2.45) is 5.92 Å². The van der Waals surface area contributed by atoms with Gasteiger partial charge in [0, 0.05) is 0 Å². The molecule has 0 bridgehead atoms. The molecular weight excluding hydrogens is 132 g/mol. The molecule has 0 aliphatic rings. The quantitative estimate of drug-likeness (QED) is 0.537. The van der Waals surface area contributed by atoms with Crippen LogP contribution in [0.2, 0.25) is 0 Å². The van der Waals surface area contributed by atoms with Crippen LogP contribution >= 0.6 is 0 Å². The Hall–Kier alpha value is -0.520. The van der Waals surface area contributed by atoms with Gasteiger partial charge < -0.3 is 0 Å². The highest BCUT2D eigenvalue weighted by molar-refractivity contribution is 5.21. The summed E-state index contributed by atoms with van der Waals surface area (Å²) in [6, 6.07) is 0. The summed E-state index contributed by atoms with van der Waals surface area (Å²) in [5, 5.41) is 0. The number of allylic oxidation sites excluding steroid dienone is 4. The lowest BCUT2D eigenvalue weighted by molar-refractivity contribution is 0.697. The Kier molecular flexibility index (Phi) is 4.93. The van der Waals surface area contributed by atoms with Gasteiger partial charge >= 0.3 is 0 Å². The predicted molar refractivity (Wildman–Crippen MR) is 52.6 cm³/mol. The fourth-order valence-electron chi connectivity index (χ4n) is 0.611. The standard InChI is InChI=1S/C11H20/c1-6-10(4)7-8-11(5)9(2)3/h7-8,10H,6H2,1-5H3. The highest BCUT2D eigenvalue weighted by Crippen LogP contribution is 2.08. The molecule has 0 radical (unpaired) electrons. The summed E-state index contributed by atoms with van der Waals surface area (Å²) >= 11 is 0. The van der Waals surface area contributed by atoms with Crippen molar-refractivity contribution >= 4 is 0 Å². The van der Waals surface area contributed by atoms with Crippen LogP contribution in [0.4, 0.5) is 0 Å². The van der Waals surface area contributed by atoms with E-state index in [2.05, 4.69) is 46.8 Å². The van der Waals surface area contributed by atoms with Crippen LogP contribution in [-0.4, -0.2) is 0 Å². The van der Waals surface area contributed by atoms with Gasteiger partial charge in [-0.2, -0.15) is 0 Å². The Morgan fingerprint density at radius 3 is 2.18 bits per heavy atom. The van der Waals surface area contributed by atoms with Crippen molar-refractivity contribution in [1.82, 2.24) is 0 Å². The molecule has 0 N–H and O–H groups in total. The monoisotopic (exact) mass is 152 g/mol. The molecule has 0 nitrogen and oxygen atoms in total. The minimum Gasteiger partial charge on any atom is -0.0814 e. The van der Waals surface area contributed by atoms with Gasteiger partial charge in [0.2, 0.25) is 0 Å². The van der Waals surface area contributed by atoms with Crippen LogP contribution in [0.1, 0.15) is 41.0 Å². The average Bonchev–Trinajstić information content (AvgIpc) is 1.99. The predicted octanol–water partition coefficient (Wildman–Crippen LogP) is 3.95. The first-order valence-corrected chi connectivity index (χ1v) is 4.40. The van der Waals surface area contributed by atoms with E-state index in [1.165, 1.54) is 17.6 Å². The number of hydrogen-bond acceptors (Lipinski definition) is 0. The van der Waals surface area contributed by atoms with E-state index in [1.807, 2.05) is 0 Å². The smallest absolute Gasteiger partial charge is 0.0261 e. The first-order valence-electron chi connectivity index (χ1n) is 4.40. The largest absolute Gasteiger partial charge is 0.0814 e. The first kappa shape index (κ1) is 10.5. The Labute approximate surface area is 71.0 Å². The second kappa shape index (κ2) is 5.17. The van der Waals surface area contributed by atoms with Gasteiger partial charge in [-0.25, -0.2) is 0 Å². The second-order valence-corrected chi connectivity index (χ2v) is 3.43. The van der Waals surface area contributed by atoms with Gasteiger partial charge in [0.05, 0.1) is 0 Å². The molecule has 64 valence electrons. The van der Waals surface area contributed by atoms with E-state index in [0.717, 1.165) is 0 Å². The van der Waals surface area contributed by atoms with Crippen LogP contribution in [0.5, 0.6) is 0 Å². The minimum absolute atomic E-state index is 0.712. The van der Waals surface area contributed by atoms with Crippen molar-refractivity contribution in [1.29, 1.82) is 0 Å². The third kappa shape index (κ3) is 4.83. The van der Waals surface area contributed by atoms with Gasteiger partial charge in [-0.1, -0.05) is 43.6 Å². The maximum absolute atomic E-state index is 2.28. The molecule has 1 unspecified atom stereocenters. The Balaban J connectivity index is 4.03. The zero-order chi connectivity index (χ0) is 8.85.